The van der Waals surface area contributed by atoms with Crippen molar-refractivity contribution in [3.63, 3.8) is 0 Å². The van der Waals surface area contributed by atoms with Gasteiger partial charge in [-0.1, -0.05) is 12.1 Å². The van der Waals surface area contributed by atoms with E-state index < -0.39 is 0 Å². The molecule has 1 heterocycles. The molecule has 1 aromatic heterocycles. The molecule has 0 amide bonds. The molecule has 0 saturated carbocycles. The van der Waals surface area contributed by atoms with E-state index in [0.29, 0.717) is 12.0 Å². The molecule has 0 aliphatic rings. The third-order valence-corrected chi connectivity index (χ3v) is 2.65. The lowest BCUT2D eigenvalue weighted by atomic mass is 10.00. The van der Waals surface area contributed by atoms with Crippen molar-refractivity contribution >= 4 is 0 Å². The van der Waals surface area contributed by atoms with Crippen LogP contribution in [0.3, 0.4) is 0 Å². The number of aryl methyl sites for hydroxylation is 1. The Morgan fingerprint density at radius 1 is 1.38 bits per heavy atom. The first-order chi connectivity index (χ1) is 7.66. The summed E-state index contributed by atoms with van der Waals surface area (Å²) in [6.07, 6.45) is 4.00. The summed E-state index contributed by atoms with van der Waals surface area (Å²) in [5, 5.41) is 0. The van der Waals surface area contributed by atoms with Crippen molar-refractivity contribution in [1.29, 1.82) is 0 Å². The zero-order chi connectivity index (χ0) is 11.5. The summed E-state index contributed by atoms with van der Waals surface area (Å²) in [7, 11) is 0. The predicted molar refractivity (Wildman–Crippen MR) is 60.5 cm³/mol. The number of benzene rings is 1. The molecule has 84 valence electrons. The predicted octanol–water partition coefficient (Wildman–Crippen LogP) is 2.97. The SMILES string of the molecule is Cc1cc(C(N)Cc2ccoc2)ccc1F. The minimum absolute atomic E-state index is 0.128. The lowest BCUT2D eigenvalue weighted by molar-refractivity contribution is 0.561. The molecule has 2 N–H and O–H groups in total. The van der Waals surface area contributed by atoms with Crippen LogP contribution in [0, 0.1) is 12.7 Å². The van der Waals surface area contributed by atoms with E-state index in [1.807, 2.05) is 6.07 Å². The highest BCUT2D eigenvalue weighted by Gasteiger charge is 2.09. The van der Waals surface area contributed by atoms with E-state index in [9.17, 15) is 4.39 Å². The van der Waals surface area contributed by atoms with E-state index in [4.69, 9.17) is 10.2 Å². The van der Waals surface area contributed by atoms with Gasteiger partial charge in [0.05, 0.1) is 12.5 Å². The Morgan fingerprint density at radius 2 is 2.19 bits per heavy atom. The van der Waals surface area contributed by atoms with Gasteiger partial charge in [0.1, 0.15) is 5.82 Å². The summed E-state index contributed by atoms with van der Waals surface area (Å²) in [5.74, 6) is -0.195. The number of halogens is 1. The second-order valence-electron chi connectivity index (χ2n) is 3.95. The minimum atomic E-state index is -0.195. The van der Waals surface area contributed by atoms with E-state index in [1.165, 1.54) is 6.07 Å². The summed E-state index contributed by atoms with van der Waals surface area (Å²) in [5.41, 5.74) is 8.66. The quantitative estimate of drug-likeness (QED) is 0.861. The van der Waals surface area contributed by atoms with Gasteiger partial charge in [0.25, 0.3) is 0 Å². The number of furan rings is 1. The minimum Gasteiger partial charge on any atom is -0.472 e. The van der Waals surface area contributed by atoms with Gasteiger partial charge in [-0.2, -0.15) is 0 Å². The first-order valence-electron chi connectivity index (χ1n) is 5.19. The Labute approximate surface area is 93.9 Å². The summed E-state index contributed by atoms with van der Waals surface area (Å²) in [6, 6.07) is 6.74. The number of hydrogen-bond acceptors (Lipinski definition) is 2. The molecule has 0 fully saturated rings. The molecule has 0 saturated heterocycles. The molecule has 2 aromatic rings. The van der Waals surface area contributed by atoms with Crippen molar-refractivity contribution in [2.45, 2.75) is 19.4 Å². The van der Waals surface area contributed by atoms with E-state index >= 15 is 0 Å². The van der Waals surface area contributed by atoms with Crippen molar-refractivity contribution in [1.82, 2.24) is 0 Å². The van der Waals surface area contributed by atoms with Crippen LogP contribution >= 0.6 is 0 Å². The van der Waals surface area contributed by atoms with E-state index in [-0.39, 0.29) is 11.9 Å². The van der Waals surface area contributed by atoms with Gasteiger partial charge in [0.2, 0.25) is 0 Å². The molecule has 0 aliphatic carbocycles. The Bertz CT molecular complexity index is 465. The molecule has 1 atom stereocenters. The van der Waals surface area contributed by atoms with E-state index in [2.05, 4.69) is 0 Å². The first-order valence-corrected chi connectivity index (χ1v) is 5.19. The Kier molecular flexibility index (Phi) is 3.06. The summed E-state index contributed by atoms with van der Waals surface area (Å²) < 4.78 is 18.1. The Hall–Kier alpha value is -1.61. The molecular formula is C13H14FNO. The van der Waals surface area contributed by atoms with Crippen LogP contribution < -0.4 is 5.73 Å². The topological polar surface area (TPSA) is 39.2 Å². The van der Waals surface area contributed by atoms with Crippen LogP contribution in [-0.2, 0) is 6.42 Å². The van der Waals surface area contributed by atoms with Crippen molar-refractivity contribution < 1.29 is 8.81 Å². The molecule has 16 heavy (non-hydrogen) atoms. The van der Waals surface area contributed by atoms with Gasteiger partial charge in [-0.25, -0.2) is 4.39 Å². The van der Waals surface area contributed by atoms with Crippen molar-refractivity contribution in [3.05, 3.63) is 59.3 Å². The van der Waals surface area contributed by atoms with Crippen molar-refractivity contribution in [3.8, 4) is 0 Å². The fourth-order valence-corrected chi connectivity index (χ4v) is 1.68. The molecule has 0 radical (unpaired) electrons. The van der Waals surface area contributed by atoms with Gasteiger partial charge in [-0.05, 0) is 42.2 Å². The fourth-order valence-electron chi connectivity index (χ4n) is 1.68. The molecule has 2 rings (SSSR count). The van der Waals surface area contributed by atoms with Crippen LogP contribution in [0.1, 0.15) is 22.7 Å². The van der Waals surface area contributed by atoms with E-state index in [1.54, 1.807) is 31.6 Å². The third-order valence-electron chi connectivity index (χ3n) is 2.65. The van der Waals surface area contributed by atoms with Crippen LogP contribution in [0.5, 0.6) is 0 Å². The summed E-state index contributed by atoms with van der Waals surface area (Å²) in [6.45, 7) is 1.74. The highest BCUT2D eigenvalue weighted by molar-refractivity contribution is 5.27. The van der Waals surface area contributed by atoms with Gasteiger partial charge >= 0.3 is 0 Å². The normalized spacial score (nSPS) is 12.7. The average molecular weight is 219 g/mol. The van der Waals surface area contributed by atoms with Crippen LogP contribution in [0.15, 0.2) is 41.2 Å². The van der Waals surface area contributed by atoms with Crippen LogP contribution in [-0.4, -0.2) is 0 Å². The molecule has 0 aliphatic heterocycles. The average Bonchev–Trinajstić information content (AvgIpc) is 2.74. The summed E-state index contributed by atoms with van der Waals surface area (Å²) in [4.78, 5) is 0. The van der Waals surface area contributed by atoms with Crippen LogP contribution in [0.25, 0.3) is 0 Å². The zero-order valence-electron chi connectivity index (χ0n) is 9.11. The van der Waals surface area contributed by atoms with Crippen molar-refractivity contribution in [2.24, 2.45) is 5.73 Å². The van der Waals surface area contributed by atoms with Gasteiger partial charge in [0, 0.05) is 6.04 Å². The monoisotopic (exact) mass is 219 g/mol. The Balaban J connectivity index is 2.14. The standard InChI is InChI=1S/C13H14FNO/c1-9-6-11(2-3-12(9)14)13(15)7-10-4-5-16-8-10/h2-6,8,13H,7,15H2,1H3. The maximum absolute atomic E-state index is 13.1. The van der Waals surface area contributed by atoms with Crippen molar-refractivity contribution in [2.75, 3.05) is 0 Å². The maximum atomic E-state index is 13.1. The maximum Gasteiger partial charge on any atom is 0.126 e. The number of rotatable bonds is 3. The lowest BCUT2D eigenvalue weighted by Crippen LogP contribution is -2.13. The Morgan fingerprint density at radius 3 is 2.81 bits per heavy atom. The second-order valence-corrected chi connectivity index (χ2v) is 3.95. The highest BCUT2D eigenvalue weighted by atomic mass is 19.1. The lowest BCUT2D eigenvalue weighted by Gasteiger charge is -2.11. The molecule has 2 nitrogen and oxygen atoms in total. The zero-order valence-corrected chi connectivity index (χ0v) is 9.11. The molecule has 0 spiro atoms. The van der Waals surface area contributed by atoms with Crippen LogP contribution in [0.4, 0.5) is 4.39 Å². The molecular weight excluding hydrogens is 205 g/mol. The first kappa shape index (κ1) is 10.9. The van der Waals surface area contributed by atoms with Crippen LogP contribution in [0.2, 0.25) is 0 Å². The van der Waals surface area contributed by atoms with E-state index in [0.717, 1.165) is 11.1 Å². The van der Waals surface area contributed by atoms with Gasteiger partial charge < -0.3 is 10.2 Å². The van der Waals surface area contributed by atoms with Gasteiger partial charge in [0.15, 0.2) is 0 Å². The van der Waals surface area contributed by atoms with Gasteiger partial charge in [-0.3, -0.25) is 0 Å². The fraction of sp³-hybridized carbons (Fsp3) is 0.231. The molecule has 0 bridgehead atoms. The molecule has 1 aromatic carbocycles. The molecule has 3 heteroatoms. The second kappa shape index (κ2) is 4.49. The summed E-state index contributed by atoms with van der Waals surface area (Å²) >= 11 is 0. The number of nitrogens with two attached hydrogens (primary N) is 1. The smallest absolute Gasteiger partial charge is 0.126 e. The number of hydrogen-bond donors (Lipinski definition) is 1. The molecule has 1 unspecified atom stereocenters. The largest absolute Gasteiger partial charge is 0.472 e. The van der Waals surface area contributed by atoms with Gasteiger partial charge in [-0.15, -0.1) is 0 Å². The highest BCUT2D eigenvalue weighted by Crippen LogP contribution is 2.18. The third kappa shape index (κ3) is 2.31.